The first-order chi connectivity index (χ1) is 24.2. The highest BCUT2D eigenvalue weighted by atomic mass is 15.2. The standard InChI is InChI=1S/C44H36N5/c1-4-31(26-27-45-2)47-38-18-10-8-16-34(38)36-29-43-37(28-42(36)47)35-17-9-11-19-39(35)48(43)33-24-22-30(23-25-33)44-46(3)40-20-12-13-21-41(40)49(44)32-14-6-5-7-15-32/h4-11,13-19,21-29H,1,12,20H2,2-3H3/q+1/b31-26+,45-27?. The van der Waals surface area contributed by atoms with Crippen molar-refractivity contribution in [2.75, 3.05) is 7.05 Å². The number of para-hydroxylation sites is 3. The number of nitrogens with zero attached hydrogens (tertiary/aromatic N) is 5. The summed E-state index contributed by atoms with van der Waals surface area (Å²) >= 11 is 0. The molecule has 0 spiro atoms. The first-order valence-corrected chi connectivity index (χ1v) is 16.9. The fourth-order valence-corrected chi connectivity index (χ4v) is 7.87. The van der Waals surface area contributed by atoms with Crippen LogP contribution in [-0.4, -0.2) is 27.0 Å². The molecule has 3 aromatic heterocycles. The summed E-state index contributed by atoms with van der Waals surface area (Å²) in [6, 6.07) is 41.9. The Labute approximate surface area is 285 Å². The predicted octanol–water partition coefficient (Wildman–Crippen LogP) is 9.86. The molecule has 0 unspecified atom stereocenters. The van der Waals surface area contributed by atoms with Gasteiger partial charge in [0, 0.05) is 52.6 Å². The molecule has 5 nitrogen and oxygen atoms in total. The van der Waals surface area contributed by atoms with Crippen molar-refractivity contribution in [3.63, 3.8) is 0 Å². The van der Waals surface area contributed by atoms with Crippen LogP contribution in [0.4, 0.5) is 0 Å². The van der Waals surface area contributed by atoms with Crippen LogP contribution in [-0.2, 0) is 13.5 Å². The van der Waals surface area contributed by atoms with E-state index in [1.165, 1.54) is 61.0 Å². The summed E-state index contributed by atoms with van der Waals surface area (Å²) in [5.74, 6) is 1.19. The van der Waals surface area contributed by atoms with Crippen molar-refractivity contribution in [3.05, 3.63) is 151 Å². The third kappa shape index (κ3) is 4.39. The minimum Gasteiger partial charge on any atom is -0.309 e. The topological polar surface area (TPSA) is 31.0 Å². The Hall–Kier alpha value is -6.20. The van der Waals surface area contributed by atoms with Crippen LogP contribution in [0.2, 0.25) is 0 Å². The Morgan fingerprint density at radius 1 is 0.714 bits per heavy atom. The van der Waals surface area contributed by atoms with Crippen LogP contribution in [0.15, 0.2) is 145 Å². The zero-order valence-corrected chi connectivity index (χ0v) is 27.7. The minimum absolute atomic E-state index is 0.987. The second kappa shape index (κ2) is 11.5. The average molecular weight is 635 g/mol. The molecule has 236 valence electrons. The number of benzene rings is 5. The first-order valence-electron chi connectivity index (χ1n) is 16.9. The fraction of sp³-hybridized carbons (Fsp3) is 0.0909. The lowest BCUT2D eigenvalue weighted by molar-refractivity contribution is -0.667. The fourth-order valence-electron chi connectivity index (χ4n) is 7.87. The van der Waals surface area contributed by atoms with Crippen LogP contribution in [0.1, 0.15) is 17.8 Å². The van der Waals surface area contributed by atoms with E-state index in [4.69, 9.17) is 0 Å². The van der Waals surface area contributed by atoms with Crippen molar-refractivity contribution in [1.82, 2.24) is 13.7 Å². The quantitative estimate of drug-likeness (QED) is 0.0991. The largest absolute Gasteiger partial charge is 0.309 e. The molecule has 1 aliphatic rings. The van der Waals surface area contributed by atoms with E-state index in [0.717, 1.165) is 35.3 Å². The monoisotopic (exact) mass is 634 g/mol. The predicted molar refractivity (Wildman–Crippen MR) is 206 cm³/mol. The number of allylic oxidation sites excluding steroid dienone is 4. The van der Waals surface area contributed by atoms with Crippen LogP contribution in [0.5, 0.6) is 0 Å². The van der Waals surface area contributed by atoms with Gasteiger partial charge in [0.15, 0.2) is 11.4 Å². The smallest absolute Gasteiger partial charge is 0.294 e. The van der Waals surface area contributed by atoms with Gasteiger partial charge in [-0.2, -0.15) is 4.57 Å². The highest BCUT2D eigenvalue weighted by molar-refractivity contribution is 6.19. The lowest BCUT2D eigenvalue weighted by Gasteiger charge is -2.10. The third-order valence-corrected chi connectivity index (χ3v) is 10.0. The maximum atomic E-state index is 4.22. The Bertz CT molecular complexity index is 2670. The van der Waals surface area contributed by atoms with Gasteiger partial charge in [-0.1, -0.05) is 67.3 Å². The van der Waals surface area contributed by atoms with Crippen molar-refractivity contribution < 1.29 is 4.57 Å². The van der Waals surface area contributed by atoms with Gasteiger partial charge in [-0.25, -0.2) is 4.57 Å². The molecule has 3 heterocycles. The van der Waals surface area contributed by atoms with Gasteiger partial charge >= 0.3 is 0 Å². The van der Waals surface area contributed by atoms with Crippen LogP contribution >= 0.6 is 0 Å². The summed E-state index contributed by atoms with van der Waals surface area (Å²) in [7, 11) is 4.00. The molecule has 1 aliphatic carbocycles. The summed E-state index contributed by atoms with van der Waals surface area (Å²) in [5.41, 5.74) is 11.8. The molecule has 0 amide bonds. The van der Waals surface area contributed by atoms with Crippen molar-refractivity contribution in [2.24, 2.45) is 12.0 Å². The van der Waals surface area contributed by atoms with Gasteiger partial charge in [0.2, 0.25) is 0 Å². The van der Waals surface area contributed by atoms with Crippen LogP contribution in [0.25, 0.3) is 78.1 Å². The number of aliphatic imine (C=N–C) groups is 1. The molecule has 0 saturated carbocycles. The number of aromatic nitrogens is 4. The molecule has 0 atom stereocenters. The molecule has 0 radical (unpaired) electrons. The third-order valence-electron chi connectivity index (χ3n) is 10.0. The molecule has 49 heavy (non-hydrogen) atoms. The molecule has 0 fully saturated rings. The SMILES string of the molecule is C=C/C(=C\C=NC)n1c2ccccc2c2cc3c(cc21)c1ccccc1n3-c1ccc(-c2n(-c3ccccc3)c3c([n+]2C)CCC=C3)cc1. The van der Waals surface area contributed by atoms with E-state index >= 15 is 0 Å². The highest BCUT2D eigenvalue weighted by Gasteiger charge is 2.30. The van der Waals surface area contributed by atoms with Gasteiger partial charge in [0.25, 0.3) is 5.82 Å². The lowest BCUT2D eigenvalue weighted by Crippen LogP contribution is -2.34. The first kappa shape index (κ1) is 29.0. The molecule has 0 N–H and O–H groups in total. The molecule has 0 aliphatic heterocycles. The Kier molecular flexibility index (Phi) is 6.80. The van der Waals surface area contributed by atoms with E-state index in [-0.39, 0.29) is 0 Å². The van der Waals surface area contributed by atoms with Crippen molar-refractivity contribution in [3.8, 4) is 22.8 Å². The average Bonchev–Trinajstić information content (AvgIpc) is 3.77. The zero-order chi connectivity index (χ0) is 33.1. The summed E-state index contributed by atoms with van der Waals surface area (Å²) in [6.07, 6.45) is 12.4. The van der Waals surface area contributed by atoms with E-state index < -0.39 is 0 Å². The molecular weight excluding hydrogens is 599 g/mol. The van der Waals surface area contributed by atoms with Gasteiger partial charge in [-0.05, 0) is 85.3 Å². The van der Waals surface area contributed by atoms with Gasteiger partial charge < -0.3 is 9.13 Å². The van der Waals surface area contributed by atoms with Crippen LogP contribution in [0, 0.1) is 0 Å². The molecule has 5 aromatic carbocycles. The summed E-state index contributed by atoms with van der Waals surface area (Å²) < 4.78 is 9.51. The summed E-state index contributed by atoms with van der Waals surface area (Å²) in [5, 5.41) is 4.85. The highest BCUT2D eigenvalue weighted by Crippen LogP contribution is 2.40. The van der Waals surface area contributed by atoms with Crippen LogP contribution < -0.4 is 4.57 Å². The van der Waals surface area contributed by atoms with Gasteiger partial charge in [0.1, 0.15) is 5.69 Å². The maximum Gasteiger partial charge on any atom is 0.294 e. The number of fused-ring (bicyclic) bond motifs is 7. The molecule has 8 aromatic rings. The van der Waals surface area contributed by atoms with Crippen LogP contribution in [0.3, 0.4) is 0 Å². The summed E-state index contributed by atoms with van der Waals surface area (Å²) in [6.45, 7) is 4.15. The molecule has 0 bridgehead atoms. The van der Waals surface area contributed by atoms with Crippen molar-refractivity contribution in [2.45, 2.75) is 12.8 Å². The number of rotatable bonds is 6. The second-order valence-electron chi connectivity index (χ2n) is 12.7. The van der Waals surface area contributed by atoms with Gasteiger partial charge in [0.05, 0.1) is 34.7 Å². The molecule has 9 rings (SSSR count). The number of hydrogen-bond donors (Lipinski definition) is 0. The van der Waals surface area contributed by atoms with E-state index in [9.17, 15) is 0 Å². The minimum atomic E-state index is 0.987. The Morgan fingerprint density at radius 3 is 2.12 bits per heavy atom. The van der Waals surface area contributed by atoms with Gasteiger partial charge in [-0.15, -0.1) is 0 Å². The maximum absolute atomic E-state index is 4.22. The van der Waals surface area contributed by atoms with Gasteiger partial charge in [-0.3, -0.25) is 4.99 Å². The van der Waals surface area contributed by atoms with E-state index in [1.807, 2.05) is 18.4 Å². The Balaban J connectivity index is 1.27. The van der Waals surface area contributed by atoms with E-state index in [0.29, 0.717) is 0 Å². The lowest BCUT2D eigenvalue weighted by atomic mass is 10.1. The van der Waals surface area contributed by atoms with Crippen molar-refractivity contribution in [1.29, 1.82) is 0 Å². The zero-order valence-electron chi connectivity index (χ0n) is 27.7. The molecular formula is C44H36N5+. The molecule has 5 heteroatoms. The Morgan fingerprint density at radius 2 is 1.37 bits per heavy atom. The second-order valence-corrected chi connectivity index (χ2v) is 12.7. The summed E-state index contributed by atoms with van der Waals surface area (Å²) in [4.78, 5) is 4.22. The van der Waals surface area contributed by atoms with Crippen molar-refractivity contribution >= 4 is 61.6 Å². The van der Waals surface area contributed by atoms with E-state index in [1.54, 1.807) is 7.05 Å². The number of hydrogen-bond acceptors (Lipinski definition) is 1. The van der Waals surface area contributed by atoms with E-state index in [2.05, 4.69) is 164 Å². The number of imidazole rings is 1. The normalized spacial score (nSPS) is 13.4. The molecule has 0 saturated heterocycles.